The van der Waals surface area contributed by atoms with Crippen LogP contribution in [-0.2, 0) is 6.61 Å². The van der Waals surface area contributed by atoms with Crippen molar-refractivity contribution >= 4 is 11.6 Å². The van der Waals surface area contributed by atoms with Gasteiger partial charge >= 0.3 is 0 Å². The topological polar surface area (TPSA) is 80.6 Å². The second-order valence-electron chi connectivity index (χ2n) is 10.2. The first kappa shape index (κ1) is 26.3. The monoisotopic (exact) mass is 527 g/mol. The largest absolute Gasteiger partial charge is 0.494 e. The van der Waals surface area contributed by atoms with Crippen molar-refractivity contribution in [3.05, 3.63) is 53.6 Å². The summed E-state index contributed by atoms with van der Waals surface area (Å²) in [5, 5.41) is 7.73. The summed E-state index contributed by atoms with van der Waals surface area (Å²) in [5.74, 6) is -0.793. The van der Waals surface area contributed by atoms with E-state index in [-0.39, 0.29) is 23.5 Å². The molecule has 9 nitrogen and oxygen atoms in total. The molecule has 0 saturated carbocycles. The minimum atomic E-state index is -0.778. The Kier molecular flexibility index (Phi) is 8.04. The molecule has 38 heavy (non-hydrogen) atoms. The molecule has 2 saturated heterocycles. The van der Waals surface area contributed by atoms with E-state index in [0.717, 1.165) is 31.6 Å². The van der Waals surface area contributed by atoms with Gasteiger partial charge in [0, 0.05) is 25.3 Å². The Morgan fingerprint density at radius 3 is 2.34 bits per heavy atom. The molecule has 2 fully saturated rings. The first-order valence-corrected chi connectivity index (χ1v) is 13.1. The van der Waals surface area contributed by atoms with E-state index < -0.39 is 11.6 Å². The summed E-state index contributed by atoms with van der Waals surface area (Å²) < 4.78 is 41.4. The van der Waals surface area contributed by atoms with Gasteiger partial charge in [0.05, 0.1) is 43.0 Å². The number of halogens is 2. The Bertz CT molecular complexity index is 1220. The zero-order valence-electron chi connectivity index (χ0n) is 22.2. The standard InChI is InChI=1S/C27H35F2N7O2/c1-18-12-24(37-3)26(29)23(25(18)28)17-38-22-14-30-27(31-15-22)33-19-13-32-36(16-19)21-6-10-35(11-7-21)20-4-8-34(2)9-5-20/h12-16,20-21H,4-11,17H2,1-3H3,(H,30,31,33). The Morgan fingerprint density at radius 1 is 0.974 bits per heavy atom. The van der Waals surface area contributed by atoms with Crippen molar-refractivity contribution in [3.63, 3.8) is 0 Å². The van der Waals surface area contributed by atoms with Crippen molar-refractivity contribution in [1.29, 1.82) is 0 Å². The summed E-state index contributed by atoms with van der Waals surface area (Å²) in [6, 6.07) is 2.41. The number of rotatable bonds is 8. The number of ether oxygens (including phenoxy) is 2. The number of aryl methyl sites for hydroxylation is 1. The predicted molar refractivity (Wildman–Crippen MR) is 140 cm³/mol. The van der Waals surface area contributed by atoms with Crippen LogP contribution in [0.1, 0.15) is 42.9 Å². The van der Waals surface area contributed by atoms with E-state index >= 15 is 0 Å². The highest BCUT2D eigenvalue weighted by Crippen LogP contribution is 2.29. The molecule has 1 N–H and O–H groups in total. The molecular weight excluding hydrogens is 492 g/mol. The van der Waals surface area contributed by atoms with Crippen LogP contribution in [-0.4, -0.2) is 75.9 Å². The average molecular weight is 528 g/mol. The van der Waals surface area contributed by atoms with Crippen molar-refractivity contribution in [2.45, 2.75) is 51.3 Å². The van der Waals surface area contributed by atoms with E-state index in [0.29, 0.717) is 23.8 Å². The van der Waals surface area contributed by atoms with Crippen molar-refractivity contribution in [2.75, 3.05) is 45.7 Å². The van der Waals surface area contributed by atoms with E-state index in [9.17, 15) is 8.78 Å². The zero-order chi connectivity index (χ0) is 26.6. The summed E-state index contributed by atoms with van der Waals surface area (Å²) in [6.45, 7) is 5.83. The van der Waals surface area contributed by atoms with Gasteiger partial charge in [0.25, 0.3) is 0 Å². The zero-order valence-corrected chi connectivity index (χ0v) is 22.2. The number of anilines is 2. The highest BCUT2D eigenvalue weighted by Gasteiger charge is 2.28. The predicted octanol–water partition coefficient (Wildman–Crippen LogP) is 4.32. The molecule has 2 aromatic heterocycles. The third kappa shape index (κ3) is 5.88. The van der Waals surface area contributed by atoms with Gasteiger partial charge in [-0.05, 0) is 64.4 Å². The number of hydrogen-bond acceptors (Lipinski definition) is 8. The summed E-state index contributed by atoms with van der Waals surface area (Å²) in [7, 11) is 3.54. The molecule has 2 aliphatic rings. The third-order valence-electron chi connectivity index (χ3n) is 7.61. The first-order valence-electron chi connectivity index (χ1n) is 13.1. The molecule has 0 radical (unpaired) electrons. The van der Waals surface area contributed by atoms with Crippen molar-refractivity contribution in [3.8, 4) is 11.5 Å². The maximum Gasteiger partial charge on any atom is 0.227 e. The van der Waals surface area contributed by atoms with Gasteiger partial charge in [0.2, 0.25) is 5.95 Å². The fourth-order valence-corrected chi connectivity index (χ4v) is 5.30. The molecule has 2 aliphatic heterocycles. The Hall–Kier alpha value is -3.31. The van der Waals surface area contributed by atoms with E-state index in [1.165, 1.54) is 51.5 Å². The maximum atomic E-state index is 14.5. The number of hydrogen-bond donors (Lipinski definition) is 1. The molecule has 1 aromatic carbocycles. The summed E-state index contributed by atoms with van der Waals surface area (Å²) in [4.78, 5) is 13.6. The minimum Gasteiger partial charge on any atom is -0.494 e. The fourth-order valence-electron chi connectivity index (χ4n) is 5.30. The summed E-state index contributed by atoms with van der Waals surface area (Å²) in [6.07, 6.45) is 11.4. The van der Waals surface area contributed by atoms with E-state index in [2.05, 4.69) is 37.2 Å². The van der Waals surface area contributed by atoms with Crippen LogP contribution in [0.25, 0.3) is 0 Å². The van der Waals surface area contributed by atoms with Gasteiger partial charge in [0.15, 0.2) is 17.3 Å². The van der Waals surface area contributed by atoms with Gasteiger partial charge in [-0.15, -0.1) is 0 Å². The van der Waals surface area contributed by atoms with Crippen LogP contribution in [0.3, 0.4) is 0 Å². The molecule has 0 aliphatic carbocycles. The van der Waals surface area contributed by atoms with Crippen molar-refractivity contribution in [1.82, 2.24) is 29.5 Å². The van der Waals surface area contributed by atoms with Gasteiger partial charge in [-0.2, -0.15) is 5.10 Å². The quantitative estimate of drug-likeness (QED) is 0.464. The normalized spacial score (nSPS) is 18.0. The van der Waals surface area contributed by atoms with Crippen LogP contribution in [0, 0.1) is 18.6 Å². The number of nitrogens with zero attached hydrogens (tertiary/aromatic N) is 6. The molecule has 0 unspecified atom stereocenters. The van der Waals surface area contributed by atoms with Gasteiger partial charge in [-0.3, -0.25) is 4.68 Å². The first-order chi connectivity index (χ1) is 18.4. The van der Waals surface area contributed by atoms with Gasteiger partial charge < -0.3 is 24.6 Å². The number of methoxy groups -OCH3 is 1. The van der Waals surface area contributed by atoms with Crippen molar-refractivity contribution < 1.29 is 18.3 Å². The van der Waals surface area contributed by atoms with Gasteiger partial charge in [-0.1, -0.05) is 0 Å². The molecule has 0 amide bonds. The van der Waals surface area contributed by atoms with Crippen LogP contribution in [0.4, 0.5) is 20.4 Å². The molecule has 11 heteroatoms. The van der Waals surface area contributed by atoms with E-state index in [1.54, 1.807) is 13.1 Å². The Labute approximate surface area is 221 Å². The molecule has 204 valence electrons. The SMILES string of the molecule is COc1cc(C)c(F)c(COc2cnc(Nc3cnn(C4CCN(C5CCN(C)CC5)CC4)c3)nc2)c1F. The third-order valence-corrected chi connectivity index (χ3v) is 7.61. The lowest BCUT2D eigenvalue weighted by molar-refractivity contribution is 0.0851. The number of nitrogens with one attached hydrogen (secondary N) is 1. The van der Waals surface area contributed by atoms with Gasteiger partial charge in [0.1, 0.15) is 12.4 Å². The Morgan fingerprint density at radius 2 is 1.66 bits per heavy atom. The second kappa shape index (κ2) is 11.6. The minimum absolute atomic E-state index is 0.0262. The Balaban J connectivity index is 1.13. The lowest BCUT2D eigenvalue weighted by Gasteiger charge is -2.41. The van der Waals surface area contributed by atoms with Crippen LogP contribution in [0.2, 0.25) is 0 Å². The highest BCUT2D eigenvalue weighted by atomic mass is 19.1. The second-order valence-corrected chi connectivity index (χ2v) is 10.2. The van der Waals surface area contributed by atoms with Crippen LogP contribution >= 0.6 is 0 Å². The summed E-state index contributed by atoms with van der Waals surface area (Å²) in [5.41, 5.74) is 0.877. The lowest BCUT2D eigenvalue weighted by Crippen LogP contribution is -2.47. The number of piperidine rings is 2. The van der Waals surface area contributed by atoms with Gasteiger partial charge in [-0.25, -0.2) is 18.7 Å². The molecule has 3 aromatic rings. The number of benzene rings is 1. The van der Waals surface area contributed by atoms with E-state index in [1.807, 2.05) is 10.9 Å². The smallest absolute Gasteiger partial charge is 0.227 e. The molecule has 4 heterocycles. The average Bonchev–Trinajstić information content (AvgIpc) is 3.40. The molecule has 0 atom stereocenters. The summed E-state index contributed by atoms with van der Waals surface area (Å²) >= 11 is 0. The van der Waals surface area contributed by atoms with Crippen LogP contribution in [0.15, 0.2) is 30.9 Å². The lowest BCUT2D eigenvalue weighted by atomic mass is 9.98. The van der Waals surface area contributed by atoms with E-state index in [4.69, 9.17) is 9.47 Å². The highest BCUT2D eigenvalue weighted by molar-refractivity contribution is 5.50. The van der Waals surface area contributed by atoms with Crippen LogP contribution in [0.5, 0.6) is 11.5 Å². The maximum absolute atomic E-state index is 14.5. The molecular formula is C27H35F2N7O2. The molecule has 5 rings (SSSR count). The fraction of sp³-hybridized carbons (Fsp3) is 0.519. The molecule has 0 bridgehead atoms. The number of likely N-dealkylation sites (tertiary alicyclic amines) is 2. The number of aromatic nitrogens is 4. The van der Waals surface area contributed by atoms with Crippen LogP contribution < -0.4 is 14.8 Å². The van der Waals surface area contributed by atoms with Crippen molar-refractivity contribution in [2.24, 2.45) is 0 Å². The molecule has 0 spiro atoms.